The molecule has 0 fully saturated rings. The average molecular weight is 1620 g/mol. The molecule has 2 atom stereocenters. The Kier molecular flexibility index (Phi) is 32.0. The zero-order chi connectivity index (χ0) is 80.1. The Morgan fingerprint density at radius 2 is 1.00 bits per heavy atom. The van der Waals surface area contributed by atoms with E-state index in [-0.39, 0.29) is 53.2 Å². The average Bonchev–Trinajstić information content (AvgIpc) is 1.66. The van der Waals surface area contributed by atoms with Crippen LogP contribution in [0.2, 0.25) is 0 Å². The molecular weight excluding hydrogens is 1550 g/mol. The van der Waals surface area contributed by atoms with Crippen LogP contribution in [0, 0.1) is 28.7 Å². The molecule has 2 aliphatic heterocycles. The molecule has 2 aliphatic rings. The quantitative estimate of drug-likeness (QED) is 0.0478. The van der Waals surface area contributed by atoms with Crippen molar-refractivity contribution in [3.8, 4) is 33.8 Å². The fourth-order valence-electron chi connectivity index (χ4n) is 10.4. The van der Waals surface area contributed by atoms with Gasteiger partial charge in [-0.1, -0.05) is 113 Å². The van der Waals surface area contributed by atoms with Crippen LogP contribution in [0.4, 0.5) is 73.6 Å². The number of aromatic nitrogens is 8. The summed E-state index contributed by atoms with van der Waals surface area (Å²) < 4.78 is 166. The predicted octanol–water partition coefficient (Wildman–Crippen LogP) is 20.0. The number of amides is 2. The van der Waals surface area contributed by atoms with Crippen molar-refractivity contribution in [2.75, 3.05) is 11.1 Å². The number of fused-ring (bicyclic) bond motifs is 2. The first-order chi connectivity index (χ1) is 53.2. The van der Waals surface area contributed by atoms with Crippen molar-refractivity contribution in [3.63, 3.8) is 0 Å². The molecule has 12 aromatic rings. The van der Waals surface area contributed by atoms with E-state index in [1.165, 1.54) is 85.6 Å². The molecule has 32 heteroatoms. The number of hydrogen-bond donors (Lipinski definition) is 4. The highest BCUT2D eigenvalue weighted by Crippen LogP contribution is 2.33. The first-order valence-electron chi connectivity index (χ1n) is 33.2. The standard InChI is InChI=1S/C21H18F4N4O.C13H13F2N3.C13H10F2N2O2.C13H11N.C7H5ClO2.C6H4BrF2N.C6H6F2N2/c1-12-10-29-19(16(9-27-29)15-3-2-14(22)8-17(15)23)11-28(12)20(30)7-13-4-5-26-18(6-13)21(24)25;1-8-7-18-13(6-16-8)11(5-17-18)10-3-2-9(14)4-12(10)15;14-12(15)11-8-9(6-7-16-11)17-13(18)19-10-4-2-1-3-5-10;14-13(11-7-3-1-4-8-11)12-9-5-2-6-10-12;8-7(9)10-6-4-2-1-3-5-6;7-4-1-2-10-5(3-4)6(8)9;7-6(8)5-3-4(9)1-2-10-5/h2-6,8-9,12,21H,7,10-11H2,1H3;2-5,8,16H,6-7H2,1H3;1-8,12H,(H,16,17,18);1-10,14H;1-5H;1-3,6H;1-3,6H,(H2,9,10). The van der Waals surface area contributed by atoms with Crippen molar-refractivity contribution in [2.45, 2.75) is 84.2 Å². The number of benzene rings is 6. The molecule has 6 aromatic heterocycles. The van der Waals surface area contributed by atoms with Crippen LogP contribution in [0.5, 0.6) is 11.5 Å². The molecule has 5 N–H and O–H groups in total. The van der Waals surface area contributed by atoms with Crippen molar-refractivity contribution >= 4 is 62.0 Å². The Hall–Kier alpha value is -12.1. The van der Waals surface area contributed by atoms with Crippen molar-refractivity contribution in [3.05, 3.63) is 322 Å². The summed E-state index contributed by atoms with van der Waals surface area (Å²) in [6.45, 7) is 5.92. The summed E-state index contributed by atoms with van der Waals surface area (Å²) in [6, 6.07) is 54.5. The molecule has 576 valence electrons. The minimum absolute atomic E-state index is 0.0546. The second-order valence-electron chi connectivity index (χ2n) is 23.7. The van der Waals surface area contributed by atoms with Gasteiger partial charge in [0.25, 0.3) is 25.7 Å². The van der Waals surface area contributed by atoms with E-state index in [1.807, 2.05) is 78.3 Å². The summed E-state index contributed by atoms with van der Waals surface area (Å²) in [6.07, 6.45) is -3.03. The highest BCUT2D eigenvalue weighted by atomic mass is 79.9. The van der Waals surface area contributed by atoms with Gasteiger partial charge in [-0.15, -0.1) is 0 Å². The number of anilines is 2. The van der Waals surface area contributed by atoms with Crippen LogP contribution < -0.4 is 25.8 Å². The first-order valence-corrected chi connectivity index (χ1v) is 34.4. The minimum Gasteiger partial charge on any atom is -0.415 e. The Morgan fingerprint density at radius 1 is 0.550 bits per heavy atom. The zero-order valence-corrected chi connectivity index (χ0v) is 60.9. The van der Waals surface area contributed by atoms with Gasteiger partial charge in [-0.05, 0) is 128 Å². The van der Waals surface area contributed by atoms with Gasteiger partial charge in [0.2, 0.25) is 5.91 Å². The van der Waals surface area contributed by atoms with Gasteiger partial charge in [0, 0.05) is 105 Å². The topological polar surface area (TPSA) is 234 Å². The van der Waals surface area contributed by atoms with Gasteiger partial charge in [-0.25, -0.2) is 62.3 Å². The highest BCUT2D eigenvalue weighted by Gasteiger charge is 2.31. The van der Waals surface area contributed by atoms with Crippen LogP contribution >= 0.6 is 27.5 Å². The van der Waals surface area contributed by atoms with E-state index in [9.17, 15) is 67.1 Å². The number of alkyl halides is 8. The van der Waals surface area contributed by atoms with Crippen LogP contribution in [0.15, 0.2) is 248 Å². The zero-order valence-electron chi connectivity index (χ0n) is 58.5. The number of ether oxygens (including phenoxy) is 2. The van der Waals surface area contributed by atoms with Gasteiger partial charge in [0.1, 0.15) is 57.5 Å². The number of nitrogens with two attached hydrogens (primary N) is 1. The molecule has 2 unspecified atom stereocenters. The number of halogens is 14. The molecule has 2 amide bonds. The van der Waals surface area contributed by atoms with Gasteiger partial charge in [0.05, 0.1) is 55.5 Å². The molecule has 14 rings (SSSR count). The van der Waals surface area contributed by atoms with Crippen molar-refractivity contribution in [1.29, 1.82) is 5.41 Å². The maximum atomic E-state index is 14.3. The largest absolute Gasteiger partial charge is 0.417 e. The van der Waals surface area contributed by atoms with E-state index in [4.69, 9.17) is 27.5 Å². The lowest BCUT2D eigenvalue weighted by molar-refractivity contribution is -0.134. The smallest absolute Gasteiger partial charge is 0.415 e. The number of rotatable bonds is 13. The fourth-order valence-corrected chi connectivity index (χ4v) is 10.9. The van der Waals surface area contributed by atoms with E-state index < -0.39 is 66.2 Å². The van der Waals surface area contributed by atoms with Crippen LogP contribution in [0.1, 0.15) is 90.4 Å². The molecule has 0 bridgehead atoms. The molecule has 0 spiro atoms. The monoisotopic (exact) mass is 1620 g/mol. The van der Waals surface area contributed by atoms with E-state index in [1.54, 1.807) is 76.4 Å². The van der Waals surface area contributed by atoms with Crippen LogP contribution in [0.25, 0.3) is 22.3 Å². The van der Waals surface area contributed by atoms with E-state index in [0.29, 0.717) is 68.9 Å². The minimum atomic E-state index is -2.71. The summed E-state index contributed by atoms with van der Waals surface area (Å²) in [5.41, 5.74) is 9.99. The van der Waals surface area contributed by atoms with Gasteiger partial charge < -0.3 is 25.4 Å². The number of hydrogen-bond acceptors (Lipinski definition) is 14. The lowest BCUT2D eigenvalue weighted by Crippen LogP contribution is -2.45. The van der Waals surface area contributed by atoms with Gasteiger partial charge in [-0.2, -0.15) is 10.2 Å². The number of nitrogens with zero attached hydrogens (tertiary/aromatic N) is 9. The van der Waals surface area contributed by atoms with Crippen LogP contribution in [0.3, 0.4) is 0 Å². The third-order valence-corrected chi connectivity index (χ3v) is 16.3. The molecular formula is C79H67BrClF12N13O5. The molecule has 111 heavy (non-hydrogen) atoms. The predicted molar refractivity (Wildman–Crippen MR) is 397 cm³/mol. The fraction of sp³-hybridized carbons (Fsp3) is 0.165. The number of nitrogens with one attached hydrogen (secondary N) is 3. The molecule has 6 aromatic carbocycles. The Bertz CT molecular complexity index is 4920. The normalized spacial score (nSPS) is 13.0. The van der Waals surface area contributed by atoms with E-state index in [0.717, 1.165) is 53.2 Å². The van der Waals surface area contributed by atoms with Crippen LogP contribution in [-0.2, 0) is 37.4 Å². The molecule has 0 saturated heterocycles. The Balaban J connectivity index is 0.000000169. The van der Waals surface area contributed by atoms with Gasteiger partial charge in [-0.3, -0.25) is 44.8 Å². The maximum absolute atomic E-state index is 14.3. The highest BCUT2D eigenvalue weighted by molar-refractivity contribution is 9.10. The van der Waals surface area contributed by atoms with Crippen molar-refractivity contribution in [2.24, 2.45) is 0 Å². The van der Waals surface area contributed by atoms with Gasteiger partial charge in [0.15, 0.2) is 0 Å². The van der Waals surface area contributed by atoms with Crippen molar-refractivity contribution in [1.82, 2.24) is 49.7 Å². The van der Waals surface area contributed by atoms with Gasteiger partial charge >= 0.3 is 11.5 Å². The molecule has 0 aliphatic carbocycles. The second kappa shape index (κ2) is 42.0. The molecule has 0 saturated carbocycles. The summed E-state index contributed by atoms with van der Waals surface area (Å²) in [4.78, 5) is 50.2. The Morgan fingerprint density at radius 3 is 1.48 bits per heavy atom. The first kappa shape index (κ1) is 84.5. The molecule has 8 heterocycles. The summed E-state index contributed by atoms with van der Waals surface area (Å²) in [5, 5.41) is 22.2. The summed E-state index contributed by atoms with van der Waals surface area (Å²) in [5.74, 6) is -1.92. The Labute approximate surface area is 641 Å². The lowest BCUT2D eigenvalue weighted by Gasteiger charge is -2.34. The SMILES string of the molecule is CC1Cn2ncc(-c3ccc(F)cc3F)c2CN1.CC1Cn2ncc(-c3ccc(F)cc3F)c2CN1C(=O)Cc1ccnc(C(F)F)c1.FC(F)c1cc(Br)ccn1.N=C(c1ccccc1)c1ccccc1.Nc1ccnc(C(F)F)c1.O=C(Cl)Oc1ccccc1.O=C(Nc1ccnc(C(F)F)c1)Oc1ccccc1. The van der Waals surface area contributed by atoms with Crippen LogP contribution in [-0.4, -0.2) is 79.6 Å². The second-order valence-corrected chi connectivity index (χ2v) is 24.9. The van der Waals surface area contributed by atoms with E-state index in [2.05, 4.69) is 68.4 Å². The third-order valence-electron chi connectivity index (χ3n) is 15.7. The number of pyridine rings is 4. The van der Waals surface area contributed by atoms with Crippen molar-refractivity contribution < 1.29 is 76.5 Å². The lowest BCUT2D eigenvalue weighted by atomic mass is 10.0. The van der Waals surface area contributed by atoms with E-state index >= 15 is 0 Å². The summed E-state index contributed by atoms with van der Waals surface area (Å²) in [7, 11) is 0. The molecule has 0 radical (unpaired) electrons. The number of carbonyl (C=O) groups is 3. The summed E-state index contributed by atoms with van der Waals surface area (Å²) >= 11 is 8.01. The maximum Gasteiger partial charge on any atom is 0.417 e. The number of carbonyl (C=O) groups excluding carboxylic acids is 3. The molecule has 18 nitrogen and oxygen atoms in total. The third kappa shape index (κ3) is 26.3. The number of para-hydroxylation sites is 2. The number of nitrogen functional groups attached to an aromatic ring is 1.